The van der Waals surface area contributed by atoms with E-state index in [-0.39, 0.29) is 23.3 Å². The van der Waals surface area contributed by atoms with Gasteiger partial charge in [-0.25, -0.2) is 15.0 Å². The molecule has 2 heterocycles. The molecule has 17 heavy (non-hydrogen) atoms. The molecule has 2 rings (SSSR count). The molecule has 1 N–H and O–H groups in total. The van der Waals surface area contributed by atoms with Gasteiger partial charge in [-0.1, -0.05) is 11.6 Å². The third-order valence-electron chi connectivity index (χ3n) is 1.92. The molecule has 0 saturated carbocycles. The standard InChI is InChI=1S/C10H9ClN4O2/c1-6-2-14-9(17-6)5-15-10(16)7-3-13-8(11)4-12-7/h2-4H,5H2,1H3,(H,15,16). The molecule has 0 radical (unpaired) electrons. The average Bonchev–Trinajstić information content (AvgIpc) is 2.73. The van der Waals surface area contributed by atoms with E-state index in [1.807, 2.05) is 0 Å². The smallest absolute Gasteiger partial charge is 0.271 e. The summed E-state index contributed by atoms with van der Waals surface area (Å²) in [6.07, 6.45) is 4.20. The number of nitrogens with one attached hydrogen (secondary N) is 1. The van der Waals surface area contributed by atoms with E-state index >= 15 is 0 Å². The van der Waals surface area contributed by atoms with Gasteiger partial charge in [0, 0.05) is 0 Å². The van der Waals surface area contributed by atoms with Crippen LogP contribution in [0.15, 0.2) is 23.0 Å². The van der Waals surface area contributed by atoms with Gasteiger partial charge in [0.25, 0.3) is 5.91 Å². The highest BCUT2D eigenvalue weighted by atomic mass is 35.5. The van der Waals surface area contributed by atoms with Crippen molar-refractivity contribution in [3.8, 4) is 0 Å². The Bertz CT molecular complexity index is 523. The summed E-state index contributed by atoms with van der Waals surface area (Å²) in [6.45, 7) is 1.99. The first-order valence-electron chi connectivity index (χ1n) is 4.82. The fraction of sp³-hybridized carbons (Fsp3) is 0.200. The highest BCUT2D eigenvalue weighted by molar-refractivity contribution is 6.29. The van der Waals surface area contributed by atoms with Crippen molar-refractivity contribution in [1.29, 1.82) is 0 Å². The van der Waals surface area contributed by atoms with Crippen molar-refractivity contribution in [1.82, 2.24) is 20.3 Å². The predicted molar refractivity (Wildman–Crippen MR) is 59.5 cm³/mol. The van der Waals surface area contributed by atoms with Gasteiger partial charge in [-0.3, -0.25) is 4.79 Å². The maximum atomic E-state index is 11.6. The Hall–Kier alpha value is -1.95. The van der Waals surface area contributed by atoms with Crippen molar-refractivity contribution in [2.24, 2.45) is 0 Å². The second-order valence-electron chi connectivity index (χ2n) is 3.27. The zero-order valence-corrected chi connectivity index (χ0v) is 9.73. The van der Waals surface area contributed by atoms with Crippen LogP contribution in [0.1, 0.15) is 22.1 Å². The van der Waals surface area contributed by atoms with E-state index in [9.17, 15) is 4.79 Å². The molecular weight excluding hydrogens is 244 g/mol. The first-order valence-corrected chi connectivity index (χ1v) is 5.20. The summed E-state index contributed by atoms with van der Waals surface area (Å²) >= 11 is 5.56. The van der Waals surface area contributed by atoms with Crippen molar-refractivity contribution >= 4 is 17.5 Å². The van der Waals surface area contributed by atoms with Crippen molar-refractivity contribution < 1.29 is 9.21 Å². The first-order chi connectivity index (χ1) is 8.15. The molecule has 2 aromatic heterocycles. The molecule has 0 aromatic carbocycles. The Labute approximate surface area is 102 Å². The Morgan fingerprint density at radius 3 is 2.76 bits per heavy atom. The summed E-state index contributed by atoms with van der Waals surface area (Å²) in [5.41, 5.74) is 0.192. The lowest BCUT2D eigenvalue weighted by atomic mass is 10.4. The Kier molecular flexibility index (Phi) is 3.34. The monoisotopic (exact) mass is 252 g/mol. The van der Waals surface area contributed by atoms with Crippen molar-refractivity contribution in [2.75, 3.05) is 0 Å². The summed E-state index contributed by atoms with van der Waals surface area (Å²) in [4.78, 5) is 23.2. The van der Waals surface area contributed by atoms with Crippen LogP contribution in [0, 0.1) is 6.92 Å². The lowest BCUT2D eigenvalue weighted by Crippen LogP contribution is -2.24. The largest absolute Gasteiger partial charge is 0.444 e. The molecule has 0 bridgehead atoms. The van der Waals surface area contributed by atoms with Gasteiger partial charge < -0.3 is 9.73 Å². The van der Waals surface area contributed by atoms with Gasteiger partial charge in [0.15, 0.2) is 0 Å². The van der Waals surface area contributed by atoms with Crippen LogP contribution in [0.5, 0.6) is 0 Å². The lowest BCUT2D eigenvalue weighted by molar-refractivity contribution is 0.0941. The number of oxazole rings is 1. The fourth-order valence-corrected chi connectivity index (χ4v) is 1.26. The molecule has 0 fully saturated rings. The van der Waals surface area contributed by atoms with E-state index in [4.69, 9.17) is 16.0 Å². The normalized spacial score (nSPS) is 10.2. The summed E-state index contributed by atoms with van der Waals surface area (Å²) < 4.78 is 5.21. The van der Waals surface area contributed by atoms with Gasteiger partial charge in [-0.15, -0.1) is 0 Å². The summed E-state index contributed by atoms with van der Waals surface area (Å²) in [5, 5.41) is 2.85. The van der Waals surface area contributed by atoms with Crippen LogP contribution < -0.4 is 5.32 Å². The quantitative estimate of drug-likeness (QED) is 0.892. The number of hydrogen-bond acceptors (Lipinski definition) is 5. The van der Waals surface area contributed by atoms with E-state index in [1.165, 1.54) is 12.4 Å². The number of aryl methyl sites for hydroxylation is 1. The molecule has 0 spiro atoms. The number of amides is 1. The van der Waals surface area contributed by atoms with Gasteiger partial charge in [0.2, 0.25) is 5.89 Å². The number of nitrogens with zero attached hydrogens (tertiary/aromatic N) is 3. The third-order valence-corrected chi connectivity index (χ3v) is 2.12. The Morgan fingerprint density at radius 1 is 1.35 bits per heavy atom. The molecule has 1 amide bonds. The second-order valence-corrected chi connectivity index (χ2v) is 3.66. The Balaban J connectivity index is 1.95. The van der Waals surface area contributed by atoms with Crippen molar-refractivity contribution in [3.05, 3.63) is 41.1 Å². The van der Waals surface area contributed by atoms with Crippen LogP contribution in [0.4, 0.5) is 0 Å². The van der Waals surface area contributed by atoms with Gasteiger partial charge >= 0.3 is 0 Å². The molecule has 0 aliphatic carbocycles. The molecule has 88 valence electrons. The highest BCUT2D eigenvalue weighted by Gasteiger charge is 2.09. The molecule has 6 nitrogen and oxygen atoms in total. The number of carbonyl (C=O) groups is 1. The minimum atomic E-state index is -0.356. The van der Waals surface area contributed by atoms with E-state index in [2.05, 4.69) is 20.3 Å². The zero-order valence-electron chi connectivity index (χ0n) is 8.98. The Morgan fingerprint density at radius 2 is 2.18 bits per heavy atom. The van der Waals surface area contributed by atoms with E-state index in [0.29, 0.717) is 11.7 Å². The number of aromatic nitrogens is 3. The lowest BCUT2D eigenvalue weighted by Gasteiger charge is -2.01. The van der Waals surface area contributed by atoms with Gasteiger partial charge in [-0.2, -0.15) is 0 Å². The number of halogens is 1. The maximum Gasteiger partial charge on any atom is 0.271 e. The van der Waals surface area contributed by atoms with Gasteiger partial charge in [-0.05, 0) is 6.92 Å². The van der Waals surface area contributed by atoms with E-state index in [0.717, 1.165) is 0 Å². The molecule has 0 aliphatic rings. The minimum Gasteiger partial charge on any atom is -0.444 e. The van der Waals surface area contributed by atoms with Crippen LogP contribution >= 0.6 is 11.6 Å². The number of rotatable bonds is 3. The van der Waals surface area contributed by atoms with Gasteiger partial charge in [0.1, 0.15) is 16.6 Å². The molecular formula is C10H9ClN4O2. The van der Waals surface area contributed by atoms with Gasteiger partial charge in [0.05, 0.1) is 25.1 Å². The SMILES string of the molecule is Cc1cnc(CNC(=O)c2cnc(Cl)cn2)o1. The summed E-state index contributed by atoms with van der Waals surface area (Å²) in [5.74, 6) is 0.781. The first kappa shape index (κ1) is 11.5. The summed E-state index contributed by atoms with van der Waals surface area (Å²) in [6, 6.07) is 0. The second kappa shape index (κ2) is 4.92. The maximum absolute atomic E-state index is 11.6. The van der Waals surface area contributed by atoms with Crippen molar-refractivity contribution in [3.63, 3.8) is 0 Å². The minimum absolute atomic E-state index is 0.192. The van der Waals surface area contributed by atoms with Crippen molar-refractivity contribution in [2.45, 2.75) is 13.5 Å². The average molecular weight is 253 g/mol. The van der Waals surface area contributed by atoms with Crippen LogP contribution in [0.3, 0.4) is 0 Å². The number of carbonyl (C=O) groups excluding carboxylic acids is 1. The molecule has 7 heteroatoms. The van der Waals surface area contributed by atoms with Crippen LogP contribution in [-0.2, 0) is 6.54 Å². The third kappa shape index (κ3) is 3.01. The topological polar surface area (TPSA) is 80.9 Å². The molecule has 0 atom stereocenters. The molecule has 0 aliphatic heterocycles. The predicted octanol–water partition coefficient (Wildman–Crippen LogP) is 1.36. The van der Waals surface area contributed by atoms with Crippen LogP contribution in [0.25, 0.3) is 0 Å². The zero-order chi connectivity index (χ0) is 12.3. The van der Waals surface area contributed by atoms with Crippen LogP contribution in [-0.4, -0.2) is 20.9 Å². The molecule has 0 saturated heterocycles. The summed E-state index contributed by atoms with van der Waals surface area (Å²) in [7, 11) is 0. The molecule has 2 aromatic rings. The number of hydrogen-bond donors (Lipinski definition) is 1. The fourth-order valence-electron chi connectivity index (χ4n) is 1.16. The molecule has 0 unspecified atom stereocenters. The van der Waals surface area contributed by atoms with E-state index in [1.54, 1.807) is 13.1 Å². The highest BCUT2D eigenvalue weighted by Crippen LogP contribution is 2.03. The van der Waals surface area contributed by atoms with Crippen LogP contribution in [0.2, 0.25) is 5.15 Å². The van der Waals surface area contributed by atoms with E-state index < -0.39 is 0 Å².